The first-order valence-corrected chi connectivity index (χ1v) is 24.8. The zero-order valence-corrected chi connectivity index (χ0v) is 39.0. The van der Waals surface area contributed by atoms with Gasteiger partial charge in [0.25, 0.3) is 0 Å². The van der Waals surface area contributed by atoms with Gasteiger partial charge in [0, 0.05) is 5.92 Å². The Kier molecular flexibility index (Phi) is 11.0. The van der Waals surface area contributed by atoms with E-state index in [2.05, 4.69) is 250 Å². The van der Waals surface area contributed by atoms with E-state index in [1.54, 1.807) is 0 Å². The van der Waals surface area contributed by atoms with Gasteiger partial charge in [-0.25, -0.2) is 0 Å². The Labute approximate surface area is 403 Å². The molecule has 0 spiro atoms. The molecular weight excluding hydrogens is 817 g/mol. The highest BCUT2D eigenvalue weighted by Crippen LogP contribution is 2.51. The Balaban J connectivity index is 0.868. The fourth-order valence-corrected chi connectivity index (χ4v) is 11.9. The van der Waals surface area contributed by atoms with Crippen molar-refractivity contribution in [1.82, 2.24) is 0 Å². The van der Waals surface area contributed by atoms with E-state index in [4.69, 9.17) is 0 Å². The van der Waals surface area contributed by atoms with Gasteiger partial charge in [-0.15, -0.1) is 0 Å². The molecule has 12 rings (SSSR count). The van der Waals surface area contributed by atoms with E-state index in [9.17, 15) is 0 Å². The minimum atomic E-state index is 0.287. The molecule has 9 aromatic rings. The quantitative estimate of drug-likeness (QED) is 0.136. The van der Waals surface area contributed by atoms with E-state index in [-0.39, 0.29) is 5.92 Å². The third-order valence-electron chi connectivity index (χ3n) is 15.6. The van der Waals surface area contributed by atoms with Crippen molar-refractivity contribution in [2.24, 2.45) is 0 Å². The van der Waals surface area contributed by atoms with Gasteiger partial charge in [0.1, 0.15) is 0 Å². The predicted molar refractivity (Wildman–Crippen MR) is 287 cm³/mol. The Morgan fingerprint density at radius 1 is 0.353 bits per heavy atom. The molecule has 0 nitrogen and oxygen atoms in total. The normalized spacial score (nSPS) is 19.0. The van der Waals surface area contributed by atoms with Gasteiger partial charge >= 0.3 is 0 Å². The molecule has 0 radical (unpaired) electrons. The van der Waals surface area contributed by atoms with Crippen molar-refractivity contribution < 1.29 is 0 Å². The molecular formula is C68H56. The monoisotopic (exact) mass is 872 g/mol. The standard InChI is InChI=1S/C68H56/c1-45-59-21-9-11-23-61(59)63-25-13-15-27-65(63)67(45)37-47-29-33-51(34-30-47)55-39-53(49-17-5-3-6-18-49)41-57(43-55)58-42-54(50-19-7-4-8-20-50)40-56(44-58)52-35-31-48(32-36-52)38-68-46(2)60-22-10-12-24-62(60)64-26-14-16-28-66(64)68/h3-35,39-46,52,67-68H,36-38H2,1-2H3. The topological polar surface area (TPSA) is 0 Å². The number of rotatable bonds is 9. The molecule has 0 heteroatoms. The maximum absolute atomic E-state index is 2.53. The lowest BCUT2D eigenvalue weighted by Gasteiger charge is -2.34. The van der Waals surface area contributed by atoms with Crippen molar-refractivity contribution in [3.05, 3.63) is 276 Å². The minimum absolute atomic E-state index is 0.287. The molecule has 0 N–H and O–H groups in total. The summed E-state index contributed by atoms with van der Waals surface area (Å²) in [6.45, 7) is 4.84. The maximum atomic E-state index is 2.53. The Morgan fingerprint density at radius 3 is 1.22 bits per heavy atom. The summed E-state index contributed by atoms with van der Waals surface area (Å²) in [4.78, 5) is 0. The summed E-state index contributed by atoms with van der Waals surface area (Å²) in [5.41, 5.74) is 25.5. The van der Waals surface area contributed by atoms with E-state index in [1.165, 1.54) is 106 Å². The van der Waals surface area contributed by atoms with Crippen LogP contribution in [0.3, 0.4) is 0 Å². The summed E-state index contributed by atoms with van der Waals surface area (Å²) in [5, 5.41) is 0. The molecule has 0 aromatic heterocycles. The zero-order chi connectivity index (χ0) is 45.6. The van der Waals surface area contributed by atoms with Crippen molar-refractivity contribution in [2.75, 3.05) is 0 Å². The molecule has 0 fully saturated rings. The highest BCUT2D eigenvalue weighted by molar-refractivity contribution is 5.84. The Morgan fingerprint density at radius 2 is 0.735 bits per heavy atom. The average molecular weight is 873 g/mol. The third kappa shape index (κ3) is 7.88. The largest absolute Gasteiger partial charge is 0.0804 e. The van der Waals surface area contributed by atoms with Gasteiger partial charge in [-0.05, 0) is 167 Å². The van der Waals surface area contributed by atoms with Gasteiger partial charge in [0.05, 0.1) is 0 Å². The number of fused-ring (bicyclic) bond motifs is 6. The summed E-state index contributed by atoms with van der Waals surface area (Å²) in [6, 6.07) is 82.0. The lowest BCUT2D eigenvalue weighted by molar-refractivity contribution is 0.565. The minimum Gasteiger partial charge on any atom is -0.0804 e. The highest BCUT2D eigenvalue weighted by atomic mass is 14.4. The number of hydrogen-bond donors (Lipinski definition) is 0. The number of allylic oxidation sites excluding steroid dienone is 4. The molecule has 0 saturated carbocycles. The van der Waals surface area contributed by atoms with Crippen molar-refractivity contribution in [1.29, 1.82) is 0 Å². The summed E-state index contributed by atoms with van der Waals surface area (Å²) in [6.07, 6.45) is 10.5. The molecule has 68 heavy (non-hydrogen) atoms. The van der Waals surface area contributed by atoms with Crippen LogP contribution in [0.5, 0.6) is 0 Å². The second kappa shape index (κ2) is 17.9. The van der Waals surface area contributed by atoms with Crippen LogP contribution in [-0.2, 0) is 6.42 Å². The lowest BCUT2D eigenvalue weighted by Crippen LogP contribution is -2.17. The van der Waals surface area contributed by atoms with E-state index in [0.717, 1.165) is 19.3 Å². The van der Waals surface area contributed by atoms with Gasteiger partial charge in [-0.1, -0.05) is 232 Å². The average Bonchev–Trinajstić information content (AvgIpc) is 3.41. The van der Waals surface area contributed by atoms with Crippen LogP contribution in [0, 0.1) is 0 Å². The van der Waals surface area contributed by atoms with Crippen LogP contribution in [0.1, 0.15) is 89.7 Å². The third-order valence-corrected chi connectivity index (χ3v) is 15.6. The lowest BCUT2D eigenvalue weighted by atomic mass is 9.70. The van der Waals surface area contributed by atoms with E-state index in [0.29, 0.717) is 23.7 Å². The first kappa shape index (κ1) is 41.9. The fraction of sp³-hybridized carbons (Fsp3) is 0.147. The molecule has 0 bridgehead atoms. The first-order valence-electron chi connectivity index (χ1n) is 24.8. The van der Waals surface area contributed by atoms with Crippen molar-refractivity contribution in [3.8, 4) is 66.8 Å². The van der Waals surface area contributed by atoms with Crippen LogP contribution in [-0.4, -0.2) is 0 Å². The highest BCUT2D eigenvalue weighted by Gasteiger charge is 2.32. The molecule has 0 heterocycles. The second-order valence-corrected chi connectivity index (χ2v) is 19.6. The van der Waals surface area contributed by atoms with Crippen LogP contribution >= 0.6 is 0 Å². The van der Waals surface area contributed by atoms with Crippen LogP contribution in [0.2, 0.25) is 0 Å². The molecule has 5 unspecified atom stereocenters. The molecule has 9 aromatic carbocycles. The zero-order valence-electron chi connectivity index (χ0n) is 39.0. The van der Waals surface area contributed by atoms with Crippen LogP contribution in [0.15, 0.2) is 242 Å². The first-order chi connectivity index (χ1) is 33.5. The summed E-state index contributed by atoms with van der Waals surface area (Å²) in [5.74, 6) is 2.04. The smallest absolute Gasteiger partial charge is 0.00563 e. The molecule has 0 amide bonds. The molecule has 0 aliphatic heterocycles. The van der Waals surface area contributed by atoms with Gasteiger partial charge in [0.15, 0.2) is 0 Å². The summed E-state index contributed by atoms with van der Waals surface area (Å²) in [7, 11) is 0. The SMILES string of the molecule is CC1c2ccccc2-c2ccccc2C1CC1=CCC(c2cc(-c3ccccc3)cc(-c3cc(-c4ccccc4)cc(-c4ccc(CC5c6ccccc6-c6ccccc6C5C)cc4)c3)c2)C=C1. The Hall–Kier alpha value is -7.54. The van der Waals surface area contributed by atoms with Gasteiger partial charge < -0.3 is 0 Å². The molecule has 3 aliphatic rings. The van der Waals surface area contributed by atoms with Crippen molar-refractivity contribution >= 4 is 0 Å². The maximum Gasteiger partial charge on any atom is 0.00563 e. The van der Waals surface area contributed by atoms with Crippen LogP contribution in [0.25, 0.3) is 66.8 Å². The predicted octanol–water partition coefficient (Wildman–Crippen LogP) is 18.4. The van der Waals surface area contributed by atoms with E-state index < -0.39 is 0 Å². The summed E-state index contributed by atoms with van der Waals surface area (Å²) >= 11 is 0. The second-order valence-electron chi connectivity index (χ2n) is 19.6. The van der Waals surface area contributed by atoms with Crippen LogP contribution < -0.4 is 0 Å². The number of hydrogen-bond acceptors (Lipinski definition) is 0. The molecule has 328 valence electrons. The van der Waals surface area contributed by atoms with Gasteiger partial charge in [-0.2, -0.15) is 0 Å². The molecule has 0 saturated heterocycles. The summed E-state index contributed by atoms with van der Waals surface area (Å²) < 4.78 is 0. The van der Waals surface area contributed by atoms with E-state index in [1.807, 2.05) is 0 Å². The van der Waals surface area contributed by atoms with E-state index >= 15 is 0 Å². The fourth-order valence-electron chi connectivity index (χ4n) is 11.9. The van der Waals surface area contributed by atoms with Crippen molar-refractivity contribution in [3.63, 3.8) is 0 Å². The number of benzene rings is 9. The van der Waals surface area contributed by atoms with Gasteiger partial charge in [0.2, 0.25) is 0 Å². The van der Waals surface area contributed by atoms with Gasteiger partial charge in [-0.3, -0.25) is 0 Å². The molecule has 3 aliphatic carbocycles. The molecule has 5 atom stereocenters. The Bertz CT molecular complexity index is 3350. The van der Waals surface area contributed by atoms with Crippen molar-refractivity contribution in [2.45, 2.75) is 62.7 Å². The van der Waals surface area contributed by atoms with Crippen LogP contribution in [0.4, 0.5) is 0 Å².